The molecule has 2 heterocycles. The van der Waals surface area contributed by atoms with Crippen LogP contribution in [0, 0.1) is 0 Å². The first-order chi connectivity index (χ1) is 13.8. The third kappa shape index (κ3) is 4.26. The van der Waals surface area contributed by atoms with E-state index in [2.05, 4.69) is 49.4 Å². The summed E-state index contributed by atoms with van der Waals surface area (Å²) < 4.78 is 7.73. The van der Waals surface area contributed by atoms with Crippen LogP contribution in [0.2, 0.25) is 0 Å². The van der Waals surface area contributed by atoms with Crippen LogP contribution in [0.15, 0.2) is 70.6 Å². The van der Waals surface area contributed by atoms with Gasteiger partial charge in [-0.1, -0.05) is 54.2 Å². The Morgan fingerprint density at radius 2 is 1.86 bits per heavy atom. The number of hydrogen-bond acceptors (Lipinski definition) is 6. The summed E-state index contributed by atoms with van der Waals surface area (Å²) in [4.78, 5) is 4.37. The Balaban J connectivity index is 1.64. The zero-order valence-corrected chi connectivity index (χ0v) is 17.1. The van der Waals surface area contributed by atoms with E-state index in [0.29, 0.717) is 0 Å². The molecule has 4 rings (SSSR count). The molecule has 4 aromatic rings. The van der Waals surface area contributed by atoms with Crippen molar-refractivity contribution in [1.82, 2.24) is 19.7 Å². The van der Waals surface area contributed by atoms with Gasteiger partial charge >= 0.3 is 0 Å². The number of aromatic nitrogens is 4. The van der Waals surface area contributed by atoms with Crippen molar-refractivity contribution in [2.45, 2.75) is 23.9 Å². The fourth-order valence-electron chi connectivity index (χ4n) is 2.96. The molecule has 0 spiro atoms. The quantitative estimate of drug-likeness (QED) is 0.386. The van der Waals surface area contributed by atoms with Gasteiger partial charge in [-0.15, -0.1) is 21.5 Å². The number of thioether (sulfide) groups is 1. The van der Waals surface area contributed by atoms with Crippen LogP contribution in [0.1, 0.15) is 11.3 Å². The molecule has 0 saturated heterocycles. The molecule has 7 heteroatoms. The molecule has 0 aliphatic rings. The summed E-state index contributed by atoms with van der Waals surface area (Å²) >= 11 is 3.27. The van der Waals surface area contributed by atoms with Crippen molar-refractivity contribution in [3.63, 3.8) is 0 Å². The Morgan fingerprint density at radius 1 is 1.04 bits per heavy atom. The molecule has 0 unspecified atom stereocenters. The number of rotatable bonds is 8. The first kappa shape index (κ1) is 18.7. The van der Waals surface area contributed by atoms with E-state index in [4.69, 9.17) is 4.74 Å². The third-order valence-corrected chi connectivity index (χ3v) is 6.00. The van der Waals surface area contributed by atoms with E-state index < -0.39 is 0 Å². The van der Waals surface area contributed by atoms with Crippen molar-refractivity contribution >= 4 is 23.1 Å². The summed E-state index contributed by atoms with van der Waals surface area (Å²) in [5.74, 6) is 2.40. The Bertz CT molecular complexity index is 1020. The Labute approximate surface area is 172 Å². The van der Waals surface area contributed by atoms with E-state index in [0.717, 1.165) is 46.7 Å². The topological polar surface area (TPSA) is 52.8 Å². The second kappa shape index (κ2) is 9.03. The lowest BCUT2D eigenvalue weighted by atomic mass is 10.1. The van der Waals surface area contributed by atoms with Gasteiger partial charge < -0.3 is 9.30 Å². The molecule has 0 aliphatic carbocycles. The number of para-hydroxylation sites is 1. The molecule has 28 heavy (non-hydrogen) atoms. The molecule has 142 valence electrons. The summed E-state index contributed by atoms with van der Waals surface area (Å²) in [7, 11) is 1.68. The van der Waals surface area contributed by atoms with Crippen LogP contribution in [-0.4, -0.2) is 26.9 Å². The fraction of sp³-hybridized carbons (Fsp3) is 0.190. The summed E-state index contributed by atoms with van der Waals surface area (Å²) in [6.07, 6.45) is 0.908. The predicted molar refractivity (Wildman–Crippen MR) is 114 cm³/mol. The number of thiazole rings is 1. The van der Waals surface area contributed by atoms with E-state index in [1.807, 2.05) is 35.8 Å². The normalized spacial score (nSPS) is 10.9. The van der Waals surface area contributed by atoms with Crippen molar-refractivity contribution in [1.29, 1.82) is 0 Å². The van der Waals surface area contributed by atoms with Gasteiger partial charge in [0.25, 0.3) is 0 Å². The van der Waals surface area contributed by atoms with Crippen molar-refractivity contribution in [3.05, 3.63) is 76.7 Å². The first-order valence-electron chi connectivity index (χ1n) is 8.95. The van der Waals surface area contributed by atoms with Crippen LogP contribution in [0.25, 0.3) is 11.4 Å². The van der Waals surface area contributed by atoms with Crippen molar-refractivity contribution in [2.24, 2.45) is 0 Å². The Morgan fingerprint density at radius 3 is 2.64 bits per heavy atom. The SMILES string of the molecule is COc1ccccc1-c1nnc(SCc2cscn2)n1CCc1ccccc1. The maximum atomic E-state index is 5.55. The van der Waals surface area contributed by atoms with Gasteiger partial charge in [0.2, 0.25) is 0 Å². The number of ether oxygens (including phenoxy) is 1. The molecule has 0 aliphatic heterocycles. The van der Waals surface area contributed by atoms with Crippen molar-refractivity contribution < 1.29 is 4.74 Å². The monoisotopic (exact) mass is 408 g/mol. The minimum Gasteiger partial charge on any atom is -0.496 e. The lowest BCUT2D eigenvalue weighted by molar-refractivity contribution is 0.415. The van der Waals surface area contributed by atoms with Gasteiger partial charge in [0.1, 0.15) is 5.75 Å². The molecule has 0 bridgehead atoms. The Hall–Kier alpha value is -2.64. The smallest absolute Gasteiger partial charge is 0.191 e. The second-order valence-corrected chi connectivity index (χ2v) is 7.82. The number of nitrogens with zero attached hydrogens (tertiary/aromatic N) is 4. The number of hydrogen-bond donors (Lipinski definition) is 0. The van der Waals surface area contributed by atoms with Gasteiger partial charge in [0, 0.05) is 17.7 Å². The van der Waals surface area contributed by atoms with Crippen LogP contribution in [0.5, 0.6) is 5.75 Å². The highest BCUT2D eigenvalue weighted by atomic mass is 32.2. The van der Waals surface area contributed by atoms with Crippen molar-refractivity contribution in [2.75, 3.05) is 7.11 Å². The van der Waals surface area contributed by atoms with Gasteiger partial charge in [-0.25, -0.2) is 4.98 Å². The molecule has 0 saturated carbocycles. The molecule has 2 aromatic heterocycles. The summed E-state index contributed by atoms with van der Waals surface area (Å²) in [6.45, 7) is 0.795. The highest BCUT2D eigenvalue weighted by molar-refractivity contribution is 7.98. The largest absolute Gasteiger partial charge is 0.496 e. The average Bonchev–Trinajstić information content (AvgIpc) is 3.41. The summed E-state index contributed by atoms with van der Waals surface area (Å²) in [5.41, 5.74) is 5.16. The average molecular weight is 409 g/mol. The van der Waals surface area contributed by atoms with E-state index >= 15 is 0 Å². The minimum absolute atomic E-state index is 0.777. The van der Waals surface area contributed by atoms with E-state index in [1.54, 1.807) is 30.2 Å². The molecule has 0 radical (unpaired) electrons. The predicted octanol–water partition coefficient (Wildman–Crippen LogP) is 4.95. The number of methoxy groups -OCH3 is 1. The van der Waals surface area contributed by atoms with Gasteiger partial charge in [-0.05, 0) is 24.1 Å². The van der Waals surface area contributed by atoms with Gasteiger partial charge in [0.05, 0.1) is 23.9 Å². The van der Waals surface area contributed by atoms with Crippen molar-refractivity contribution in [3.8, 4) is 17.1 Å². The molecule has 5 nitrogen and oxygen atoms in total. The van der Waals surface area contributed by atoms with Gasteiger partial charge in [-0.3, -0.25) is 0 Å². The standard InChI is InChI=1S/C21H20N4OS2/c1-26-19-10-6-5-9-18(19)20-23-24-21(28-14-17-13-27-15-22-17)25(20)12-11-16-7-3-2-4-8-16/h2-10,13,15H,11-12,14H2,1H3. The third-order valence-electron chi connectivity index (χ3n) is 4.36. The maximum absolute atomic E-state index is 5.55. The van der Waals surface area contributed by atoms with Gasteiger partial charge in [0.15, 0.2) is 11.0 Å². The highest BCUT2D eigenvalue weighted by Crippen LogP contribution is 2.32. The fourth-order valence-corrected chi connectivity index (χ4v) is 4.49. The lowest BCUT2D eigenvalue weighted by Gasteiger charge is -2.12. The van der Waals surface area contributed by atoms with E-state index in [1.165, 1.54) is 5.56 Å². The van der Waals surface area contributed by atoms with Crippen LogP contribution >= 0.6 is 23.1 Å². The molecule has 2 aromatic carbocycles. The minimum atomic E-state index is 0.777. The zero-order chi connectivity index (χ0) is 19.2. The second-order valence-electron chi connectivity index (χ2n) is 6.16. The molecule has 0 fully saturated rings. The van der Waals surface area contributed by atoms with Crippen LogP contribution in [0.3, 0.4) is 0 Å². The van der Waals surface area contributed by atoms with Crippen LogP contribution < -0.4 is 4.74 Å². The Kier molecular flexibility index (Phi) is 6.04. The molecule has 0 amide bonds. The summed E-state index contributed by atoms with van der Waals surface area (Å²) in [5, 5.41) is 11.9. The number of benzene rings is 2. The molecule has 0 atom stereocenters. The molecule has 0 N–H and O–H groups in total. The molecular formula is C21H20N4OS2. The van der Waals surface area contributed by atoms with Crippen LogP contribution in [-0.2, 0) is 18.7 Å². The van der Waals surface area contributed by atoms with Crippen LogP contribution in [0.4, 0.5) is 0 Å². The van der Waals surface area contributed by atoms with Gasteiger partial charge in [-0.2, -0.15) is 0 Å². The summed E-state index contributed by atoms with van der Waals surface area (Å²) in [6, 6.07) is 18.4. The maximum Gasteiger partial charge on any atom is 0.191 e. The highest BCUT2D eigenvalue weighted by Gasteiger charge is 2.17. The van der Waals surface area contributed by atoms with E-state index in [9.17, 15) is 0 Å². The first-order valence-corrected chi connectivity index (χ1v) is 10.9. The zero-order valence-electron chi connectivity index (χ0n) is 15.5. The van der Waals surface area contributed by atoms with E-state index in [-0.39, 0.29) is 0 Å². The molecular weight excluding hydrogens is 388 g/mol. The number of aryl methyl sites for hydroxylation is 1. The lowest BCUT2D eigenvalue weighted by Crippen LogP contribution is -2.06.